The average molecular weight is 452 g/mol. The van der Waals surface area contributed by atoms with Gasteiger partial charge in [-0.3, -0.25) is 4.79 Å². The Balaban J connectivity index is 1.50. The van der Waals surface area contributed by atoms with Crippen LogP contribution in [0.3, 0.4) is 0 Å². The Hall–Kier alpha value is -4.07. The highest BCUT2D eigenvalue weighted by atomic mass is 19.4. The zero-order valence-corrected chi connectivity index (χ0v) is 17.5. The number of nitrogens with one attached hydrogen (secondary N) is 2. The van der Waals surface area contributed by atoms with Crippen LogP contribution in [0.1, 0.15) is 32.0 Å². The van der Waals surface area contributed by atoms with Crippen LogP contribution in [-0.4, -0.2) is 24.0 Å². The zero-order chi connectivity index (χ0) is 23.6. The van der Waals surface area contributed by atoms with Gasteiger partial charge < -0.3 is 15.0 Å². The minimum atomic E-state index is -4.43. The summed E-state index contributed by atoms with van der Waals surface area (Å²) < 4.78 is 43.3. The Morgan fingerprint density at radius 2 is 1.70 bits per heavy atom. The van der Waals surface area contributed by atoms with E-state index in [1.54, 1.807) is 30.3 Å². The number of carbonyl (C=O) groups is 2. The van der Waals surface area contributed by atoms with Crippen molar-refractivity contribution in [3.8, 4) is 11.1 Å². The predicted octanol–water partition coefficient (Wildman–Crippen LogP) is 5.57. The summed E-state index contributed by atoms with van der Waals surface area (Å²) in [7, 11) is 1.31. The molecule has 8 heteroatoms. The van der Waals surface area contributed by atoms with Gasteiger partial charge in [-0.2, -0.15) is 13.2 Å². The maximum atomic E-state index is 12.9. The number of hydrogen-bond donors (Lipinski definition) is 2. The van der Waals surface area contributed by atoms with Gasteiger partial charge in [0, 0.05) is 23.0 Å². The largest absolute Gasteiger partial charge is 0.464 e. The van der Waals surface area contributed by atoms with E-state index in [-0.39, 0.29) is 6.54 Å². The quantitative estimate of drug-likeness (QED) is 0.389. The molecule has 0 spiro atoms. The first-order chi connectivity index (χ1) is 15.8. The van der Waals surface area contributed by atoms with E-state index in [1.807, 2.05) is 18.2 Å². The second-order valence-corrected chi connectivity index (χ2v) is 7.40. The van der Waals surface area contributed by atoms with E-state index in [0.717, 1.165) is 34.2 Å². The van der Waals surface area contributed by atoms with E-state index in [1.165, 1.54) is 19.2 Å². The van der Waals surface area contributed by atoms with Crippen molar-refractivity contribution in [1.29, 1.82) is 0 Å². The molecule has 0 saturated carbocycles. The van der Waals surface area contributed by atoms with Crippen LogP contribution >= 0.6 is 0 Å². The van der Waals surface area contributed by atoms with Gasteiger partial charge >= 0.3 is 12.1 Å². The standard InChI is InChI=1S/C25H19F3N2O3/c1-33-24(32)22-13-20-19(6-3-7-21(20)30-22)16-8-10-17(11-9-16)23(31)29-14-15-4-2-5-18(12-15)25(26,27)28/h2-13,30H,14H2,1H3,(H,29,31). The monoisotopic (exact) mass is 452 g/mol. The SMILES string of the molecule is COC(=O)c1cc2c(-c3ccc(C(=O)NCc4cccc(C(F)(F)F)c4)cc3)cccc2[nH]1. The first-order valence-corrected chi connectivity index (χ1v) is 10.0. The van der Waals surface area contributed by atoms with Crippen molar-refractivity contribution >= 4 is 22.8 Å². The average Bonchev–Trinajstić information content (AvgIpc) is 3.26. The summed E-state index contributed by atoms with van der Waals surface area (Å²) in [5.74, 6) is -0.864. The first kappa shape index (κ1) is 22.1. The number of alkyl halides is 3. The lowest BCUT2D eigenvalue weighted by molar-refractivity contribution is -0.137. The highest BCUT2D eigenvalue weighted by Gasteiger charge is 2.30. The number of H-pyrrole nitrogens is 1. The number of aromatic amines is 1. The van der Waals surface area contributed by atoms with E-state index < -0.39 is 23.6 Å². The van der Waals surface area contributed by atoms with Crippen molar-refractivity contribution in [3.05, 3.63) is 95.2 Å². The van der Waals surface area contributed by atoms with Crippen LogP contribution in [-0.2, 0) is 17.5 Å². The summed E-state index contributed by atoms with van der Waals surface area (Å²) in [4.78, 5) is 27.3. The van der Waals surface area contributed by atoms with Crippen molar-refractivity contribution in [1.82, 2.24) is 10.3 Å². The molecule has 0 saturated heterocycles. The molecule has 0 aliphatic carbocycles. The third-order valence-corrected chi connectivity index (χ3v) is 5.23. The van der Waals surface area contributed by atoms with Crippen LogP contribution < -0.4 is 5.32 Å². The summed E-state index contributed by atoms with van der Waals surface area (Å²) >= 11 is 0. The molecule has 0 aliphatic heterocycles. The van der Waals surface area contributed by atoms with Gasteiger partial charge in [0.25, 0.3) is 5.91 Å². The highest BCUT2D eigenvalue weighted by Crippen LogP contribution is 2.30. The number of amides is 1. The number of benzene rings is 3. The van der Waals surface area contributed by atoms with Crippen LogP contribution in [0.25, 0.3) is 22.0 Å². The molecule has 0 atom stereocenters. The number of carbonyl (C=O) groups excluding carboxylic acids is 2. The second kappa shape index (κ2) is 8.82. The van der Waals surface area contributed by atoms with Crippen molar-refractivity contribution in [2.24, 2.45) is 0 Å². The molecule has 33 heavy (non-hydrogen) atoms. The van der Waals surface area contributed by atoms with E-state index in [9.17, 15) is 22.8 Å². The second-order valence-electron chi connectivity index (χ2n) is 7.40. The Morgan fingerprint density at radius 1 is 0.970 bits per heavy atom. The smallest absolute Gasteiger partial charge is 0.416 e. The number of methoxy groups -OCH3 is 1. The number of fused-ring (bicyclic) bond motifs is 1. The zero-order valence-electron chi connectivity index (χ0n) is 17.5. The van der Waals surface area contributed by atoms with Gasteiger partial charge in [0.15, 0.2) is 0 Å². The third kappa shape index (κ3) is 4.74. The van der Waals surface area contributed by atoms with E-state index in [4.69, 9.17) is 4.74 Å². The molecule has 1 heterocycles. The number of ether oxygens (including phenoxy) is 1. The molecule has 4 aromatic rings. The Kier molecular flexibility index (Phi) is 5.91. The number of hydrogen-bond acceptors (Lipinski definition) is 3. The van der Waals surface area contributed by atoms with Gasteiger partial charge in [0.05, 0.1) is 12.7 Å². The molecule has 4 rings (SSSR count). The molecule has 1 amide bonds. The molecular formula is C25H19F3N2O3. The summed E-state index contributed by atoms with van der Waals surface area (Å²) in [6.07, 6.45) is -4.43. The molecule has 5 nitrogen and oxygen atoms in total. The van der Waals surface area contributed by atoms with Gasteiger partial charge in [-0.25, -0.2) is 4.79 Å². The Labute approximate surface area is 187 Å². The van der Waals surface area contributed by atoms with Crippen LogP contribution in [0.5, 0.6) is 0 Å². The number of esters is 1. The number of rotatable bonds is 5. The fraction of sp³-hybridized carbons (Fsp3) is 0.120. The third-order valence-electron chi connectivity index (χ3n) is 5.23. The van der Waals surface area contributed by atoms with Gasteiger partial charge in [-0.15, -0.1) is 0 Å². The van der Waals surface area contributed by atoms with Gasteiger partial charge in [-0.05, 0) is 53.1 Å². The Morgan fingerprint density at radius 3 is 2.39 bits per heavy atom. The predicted molar refractivity (Wildman–Crippen MR) is 118 cm³/mol. The lowest BCUT2D eigenvalue weighted by atomic mass is 10.00. The van der Waals surface area contributed by atoms with Gasteiger partial charge in [0.2, 0.25) is 0 Å². The Bertz CT molecular complexity index is 1320. The first-order valence-electron chi connectivity index (χ1n) is 10.0. The molecule has 0 unspecified atom stereocenters. The minimum Gasteiger partial charge on any atom is -0.464 e. The number of halogens is 3. The molecule has 3 aromatic carbocycles. The van der Waals surface area contributed by atoms with E-state index in [2.05, 4.69) is 10.3 Å². The molecule has 1 aromatic heterocycles. The fourth-order valence-electron chi connectivity index (χ4n) is 3.57. The maximum absolute atomic E-state index is 12.9. The normalized spacial score (nSPS) is 11.4. The van der Waals surface area contributed by atoms with E-state index in [0.29, 0.717) is 16.8 Å². The van der Waals surface area contributed by atoms with Crippen LogP contribution in [0, 0.1) is 0 Å². The molecular weight excluding hydrogens is 433 g/mol. The molecule has 0 radical (unpaired) electrons. The fourth-order valence-corrected chi connectivity index (χ4v) is 3.57. The molecule has 0 fully saturated rings. The molecule has 0 bridgehead atoms. The minimum absolute atomic E-state index is 0.0243. The van der Waals surface area contributed by atoms with Crippen molar-refractivity contribution in [2.75, 3.05) is 7.11 Å². The van der Waals surface area contributed by atoms with Crippen molar-refractivity contribution < 1.29 is 27.5 Å². The highest BCUT2D eigenvalue weighted by molar-refractivity contribution is 6.01. The van der Waals surface area contributed by atoms with Gasteiger partial charge in [-0.1, -0.05) is 36.4 Å². The summed E-state index contributed by atoms with van der Waals surface area (Å²) in [6, 6.07) is 19.0. The van der Waals surface area contributed by atoms with Gasteiger partial charge in [0.1, 0.15) is 5.69 Å². The van der Waals surface area contributed by atoms with Crippen LogP contribution in [0.2, 0.25) is 0 Å². The summed E-state index contributed by atoms with van der Waals surface area (Å²) in [6.45, 7) is -0.0243. The summed E-state index contributed by atoms with van der Waals surface area (Å²) in [5.41, 5.74) is 2.80. The number of aromatic nitrogens is 1. The molecule has 168 valence electrons. The maximum Gasteiger partial charge on any atom is 0.416 e. The lowest BCUT2D eigenvalue weighted by Crippen LogP contribution is -2.23. The van der Waals surface area contributed by atoms with E-state index >= 15 is 0 Å². The van der Waals surface area contributed by atoms with Crippen LogP contribution in [0.4, 0.5) is 13.2 Å². The van der Waals surface area contributed by atoms with Crippen molar-refractivity contribution in [3.63, 3.8) is 0 Å². The van der Waals surface area contributed by atoms with Crippen molar-refractivity contribution in [2.45, 2.75) is 12.7 Å². The van der Waals surface area contributed by atoms with Crippen LogP contribution in [0.15, 0.2) is 72.8 Å². The lowest BCUT2D eigenvalue weighted by Gasteiger charge is -2.10. The molecule has 2 N–H and O–H groups in total. The topological polar surface area (TPSA) is 71.2 Å². The summed E-state index contributed by atoms with van der Waals surface area (Å²) in [5, 5.41) is 3.48. The molecule has 0 aliphatic rings.